The van der Waals surface area contributed by atoms with Crippen molar-refractivity contribution in [2.24, 2.45) is 0 Å². The van der Waals surface area contributed by atoms with Gasteiger partial charge in [-0.05, 0) is 25.5 Å². The van der Waals surface area contributed by atoms with Gasteiger partial charge in [-0.2, -0.15) is 0 Å². The Labute approximate surface area is 96.2 Å². The highest BCUT2D eigenvalue weighted by molar-refractivity contribution is 5.93. The third-order valence-corrected chi connectivity index (χ3v) is 2.00. The van der Waals surface area contributed by atoms with Crippen molar-refractivity contribution in [3.63, 3.8) is 0 Å². The summed E-state index contributed by atoms with van der Waals surface area (Å²) in [6, 6.07) is 7.35. The van der Waals surface area contributed by atoms with Gasteiger partial charge in [0.2, 0.25) is 0 Å². The van der Waals surface area contributed by atoms with Gasteiger partial charge in [0.05, 0.1) is 12.2 Å². The average Bonchev–Trinajstić information content (AvgIpc) is 2.27. The molecular formula is C14H16O2. The minimum atomic E-state index is -0.288. The molecule has 0 spiro atoms. The average molecular weight is 216 g/mol. The molecular weight excluding hydrogens is 200 g/mol. The number of rotatable bonds is 4. The summed E-state index contributed by atoms with van der Waals surface area (Å²) in [7, 11) is 0. The SMILES string of the molecule is C=C(C)/C=C/c1ccccc1C(=O)OCC. The Morgan fingerprint density at radius 2 is 2.12 bits per heavy atom. The third kappa shape index (κ3) is 3.39. The first-order chi connectivity index (χ1) is 7.65. The number of esters is 1. The Hall–Kier alpha value is -1.83. The van der Waals surface area contributed by atoms with Crippen LogP contribution in [-0.2, 0) is 4.74 Å². The lowest BCUT2D eigenvalue weighted by Gasteiger charge is -2.04. The Bertz CT molecular complexity index is 416. The first-order valence-electron chi connectivity index (χ1n) is 5.25. The van der Waals surface area contributed by atoms with Crippen LogP contribution in [0.25, 0.3) is 6.08 Å². The quantitative estimate of drug-likeness (QED) is 0.569. The molecule has 0 aliphatic rings. The monoisotopic (exact) mass is 216 g/mol. The highest BCUT2D eigenvalue weighted by atomic mass is 16.5. The highest BCUT2D eigenvalue weighted by Crippen LogP contribution is 2.13. The predicted octanol–water partition coefficient (Wildman–Crippen LogP) is 3.45. The number of hydrogen-bond acceptors (Lipinski definition) is 2. The summed E-state index contributed by atoms with van der Waals surface area (Å²) < 4.78 is 4.98. The van der Waals surface area contributed by atoms with Gasteiger partial charge in [-0.15, -0.1) is 0 Å². The van der Waals surface area contributed by atoms with Crippen molar-refractivity contribution in [3.05, 3.63) is 53.6 Å². The summed E-state index contributed by atoms with van der Waals surface area (Å²) in [5.74, 6) is -0.288. The van der Waals surface area contributed by atoms with Crippen LogP contribution in [0.15, 0.2) is 42.5 Å². The van der Waals surface area contributed by atoms with Gasteiger partial charge >= 0.3 is 5.97 Å². The molecule has 0 saturated carbocycles. The maximum absolute atomic E-state index is 11.6. The molecule has 0 amide bonds. The van der Waals surface area contributed by atoms with Gasteiger partial charge < -0.3 is 4.74 Å². The molecule has 0 heterocycles. The second-order valence-corrected chi connectivity index (χ2v) is 3.49. The Kier molecular flexibility index (Phi) is 4.52. The van der Waals surface area contributed by atoms with Crippen LogP contribution in [0.2, 0.25) is 0 Å². The zero-order chi connectivity index (χ0) is 12.0. The van der Waals surface area contributed by atoms with E-state index in [0.29, 0.717) is 12.2 Å². The second kappa shape index (κ2) is 5.91. The Morgan fingerprint density at radius 1 is 1.44 bits per heavy atom. The first kappa shape index (κ1) is 12.2. The summed E-state index contributed by atoms with van der Waals surface area (Å²) >= 11 is 0. The maximum atomic E-state index is 11.6. The molecule has 84 valence electrons. The number of carbonyl (C=O) groups excluding carboxylic acids is 1. The van der Waals surface area contributed by atoms with Crippen LogP contribution in [0.5, 0.6) is 0 Å². The van der Waals surface area contributed by atoms with E-state index < -0.39 is 0 Å². The van der Waals surface area contributed by atoms with E-state index in [0.717, 1.165) is 11.1 Å². The second-order valence-electron chi connectivity index (χ2n) is 3.49. The van der Waals surface area contributed by atoms with Gasteiger partial charge in [-0.1, -0.05) is 42.5 Å². The van der Waals surface area contributed by atoms with E-state index in [2.05, 4.69) is 6.58 Å². The molecule has 2 nitrogen and oxygen atoms in total. The fraction of sp³-hybridized carbons (Fsp3) is 0.214. The van der Waals surface area contributed by atoms with Crippen LogP contribution >= 0.6 is 0 Å². The Balaban J connectivity index is 3.00. The molecule has 0 bridgehead atoms. The van der Waals surface area contributed by atoms with Crippen molar-refractivity contribution < 1.29 is 9.53 Å². The van der Waals surface area contributed by atoms with Gasteiger partial charge in [-0.3, -0.25) is 0 Å². The molecule has 1 aromatic rings. The van der Waals surface area contributed by atoms with E-state index in [4.69, 9.17) is 4.74 Å². The predicted molar refractivity (Wildman–Crippen MR) is 66.2 cm³/mol. The van der Waals surface area contributed by atoms with Gasteiger partial charge in [-0.25, -0.2) is 4.79 Å². The van der Waals surface area contributed by atoms with Crippen molar-refractivity contribution >= 4 is 12.0 Å². The minimum Gasteiger partial charge on any atom is -0.462 e. The molecule has 0 aromatic heterocycles. The summed E-state index contributed by atoms with van der Waals surface area (Å²) in [5, 5.41) is 0. The molecule has 0 atom stereocenters. The van der Waals surface area contributed by atoms with Crippen molar-refractivity contribution in [1.29, 1.82) is 0 Å². The van der Waals surface area contributed by atoms with Crippen molar-refractivity contribution in [2.45, 2.75) is 13.8 Å². The van der Waals surface area contributed by atoms with E-state index in [1.54, 1.807) is 13.0 Å². The largest absolute Gasteiger partial charge is 0.462 e. The molecule has 0 N–H and O–H groups in total. The normalized spacial score (nSPS) is 10.4. The van der Waals surface area contributed by atoms with Crippen LogP contribution in [0.1, 0.15) is 29.8 Å². The topological polar surface area (TPSA) is 26.3 Å². The number of carbonyl (C=O) groups is 1. The van der Waals surface area contributed by atoms with Crippen LogP contribution in [-0.4, -0.2) is 12.6 Å². The van der Waals surface area contributed by atoms with E-state index in [-0.39, 0.29) is 5.97 Å². The van der Waals surface area contributed by atoms with E-state index in [1.165, 1.54) is 0 Å². The summed E-state index contributed by atoms with van der Waals surface area (Å²) in [5.41, 5.74) is 2.38. The molecule has 0 radical (unpaired) electrons. The van der Waals surface area contributed by atoms with Crippen LogP contribution in [0.3, 0.4) is 0 Å². The fourth-order valence-electron chi connectivity index (χ4n) is 1.27. The molecule has 2 heteroatoms. The zero-order valence-corrected chi connectivity index (χ0v) is 9.69. The number of ether oxygens (including phenoxy) is 1. The minimum absolute atomic E-state index is 0.288. The molecule has 0 fully saturated rings. The van der Waals surface area contributed by atoms with Crippen LogP contribution < -0.4 is 0 Å². The van der Waals surface area contributed by atoms with Gasteiger partial charge in [0.15, 0.2) is 0 Å². The zero-order valence-electron chi connectivity index (χ0n) is 9.69. The number of allylic oxidation sites excluding steroid dienone is 2. The molecule has 1 rings (SSSR count). The molecule has 0 aliphatic carbocycles. The van der Waals surface area contributed by atoms with Gasteiger partial charge in [0, 0.05) is 0 Å². The maximum Gasteiger partial charge on any atom is 0.338 e. The van der Waals surface area contributed by atoms with Crippen molar-refractivity contribution in [1.82, 2.24) is 0 Å². The van der Waals surface area contributed by atoms with Crippen molar-refractivity contribution in [2.75, 3.05) is 6.61 Å². The highest BCUT2D eigenvalue weighted by Gasteiger charge is 2.09. The fourth-order valence-corrected chi connectivity index (χ4v) is 1.27. The summed E-state index contributed by atoms with van der Waals surface area (Å²) in [4.78, 5) is 11.6. The Morgan fingerprint density at radius 3 is 2.75 bits per heavy atom. The first-order valence-corrected chi connectivity index (χ1v) is 5.25. The van der Waals surface area contributed by atoms with Crippen molar-refractivity contribution in [3.8, 4) is 0 Å². The summed E-state index contributed by atoms with van der Waals surface area (Å²) in [6.45, 7) is 7.87. The molecule has 0 aliphatic heterocycles. The third-order valence-electron chi connectivity index (χ3n) is 2.00. The molecule has 0 saturated heterocycles. The standard InChI is InChI=1S/C14H16O2/c1-4-16-14(15)13-8-6-5-7-12(13)10-9-11(2)3/h5-10H,2,4H2,1,3H3/b10-9+. The van der Waals surface area contributed by atoms with E-state index in [9.17, 15) is 4.79 Å². The lowest BCUT2D eigenvalue weighted by atomic mass is 10.1. The van der Waals surface area contributed by atoms with E-state index in [1.807, 2.05) is 37.3 Å². The smallest absolute Gasteiger partial charge is 0.338 e. The lowest BCUT2D eigenvalue weighted by Crippen LogP contribution is -2.06. The molecule has 0 unspecified atom stereocenters. The van der Waals surface area contributed by atoms with Gasteiger partial charge in [0.25, 0.3) is 0 Å². The summed E-state index contributed by atoms with van der Waals surface area (Å²) in [6.07, 6.45) is 3.74. The number of hydrogen-bond donors (Lipinski definition) is 0. The van der Waals surface area contributed by atoms with Crippen LogP contribution in [0.4, 0.5) is 0 Å². The van der Waals surface area contributed by atoms with Gasteiger partial charge in [0.1, 0.15) is 0 Å². The van der Waals surface area contributed by atoms with E-state index >= 15 is 0 Å². The van der Waals surface area contributed by atoms with Crippen LogP contribution in [0, 0.1) is 0 Å². The lowest BCUT2D eigenvalue weighted by molar-refractivity contribution is 0.0526. The number of benzene rings is 1. The molecule has 1 aromatic carbocycles. The molecule has 16 heavy (non-hydrogen) atoms.